The van der Waals surface area contributed by atoms with Crippen molar-refractivity contribution in [2.45, 2.75) is 19.4 Å². The Kier molecular flexibility index (Phi) is 3.24. The number of carbonyl (C=O) groups excluding carboxylic acids is 1. The number of esters is 1. The van der Waals surface area contributed by atoms with Crippen LogP contribution in [0.1, 0.15) is 18.5 Å². The SMILES string of the molecule is COC(=O)C(C)n1cc(CC#N)cn1. The summed E-state index contributed by atoms with van der Waals surface area (Å²) in [5.41, 5.74) is 0.795. The Morgan fingerprint density at radius 3 is 3.14 bits per heavy atom. The second-order valence-electron chi connectivity index (χ2n) is 2.86. The molecule has 1 atom stereocenters. The number of nitrogens with zero attached hydrogens (tertiary/aromatic N) is 3. The Hall–Kier alpha value is -1.83. The molecule has 1 unspecified atom stereocenters. The van der Waals surface area contributed by atoms with Gasteiger partial charge in [-0.15, -0.1) is 0 Å². The predicted molar refractivity (Wildman–Crippen MR) is 48.3 cm³/mol. The van der Waals surface area contributed by atoms with E-state index in [-0.39, 0.29) is 5.97 Å². The summed E-state index contributed by atoms with van der Waals surface area (Å²) in [6.07, 6.45) is 3.54. The second kappa shape index (κ2) is 4.42. The van der Waals surface area contributed by atoms with Crippen LogP contribution in [0.3, 0.4) is 0 Å². The zero-order chi connectivity index (χ0) is 10.6. The van der Waals surface area contributed by atoms with Crippen molar-refractivity contribution in [1.29, 1.82) is 5.26 Å². The lowest BCUT2D eigenvalue weighted by Crippen LogP contribution is -2.17. The van der Waals surface area contributed by atoms with Crippen molar-refractivity contribution in [3.63, 3.8) is 0 Å². The first-order valence-corrected chi connectivity index (χ1v) is 4.17. The number of nitriles is 1. The fourth-order valence-electron chi connectivity index (χ4n) is 1.05. The Morgan fingerprint density at radius 2 is 2.57 bits per heavy atom. The smallest absolute Gasteiger partial charge is 0.330 e. The summed E-state index contributed by atoms with van der Waals surface area (Å²) in [6, 6.07) is 1.56. The number of aromatic nitrogens is 2. The van der Waals surface area contributed by atoms with Crippen LogP contribution in [0.2, 0.25) is 0 Å². The van der Waals surface area contributed by atoms with Gasteiger partial charge in [0.05, 0.1) is 25.8 Å². The molecule has 1 heterocycles. The van der Waals surface area contributed by atoms with Crippen LogP contribution in [0.4, 0.5) is 0 Å². The van der Waals surface area contributed by atoms with Crippen molar-refractivity contribution < 1.29 is 9.53 Å². The van der Waals surface area contributed by atoms with Gasteiger partial charge in [-0.25, -0.2) is 4.79 Å². The first-order valence-electron chi connectivity index (χ1n) is 4.17. The maximum Gasteiger partial charge on any atom is 0.330 e. The highest BCUT2D eigenvalue weighted by molar-refractivity contribution is 5.73. The molecule has 1 aromatic heterocycles. The molecule has 1 aromatic rings. The molecule has 5 heteroatoms. The van der Waals surface area contributed by atoms with E-state index in [0.717, 1.165) is 5.56 Å². The lowest BCUT2D eigenvalue weighted by Gasteiger charge is -2.08. The van der Waals surface area contributed by atoms with E-state index in [4.69, 9.17) is 5.26 Å². The summed E-state index contributed by atoms with van der Waals surface area (Å²) in [7, 11) is 1.33. The minimum absolute atomic E-state index is 0.299. The van der Waals surface area contributed by atoms with Gasteiger partial charge in [-0.1, -0.05) is 0 Å². The molecule has 0 fully saturated rings. The zero-order valence-corrected chi connectivity index (χ0v) is 8.10. The molecule has 14 heavy (non-hydrogen) atoms. The van der Waals surface area contributed by atoms with Crippen LogP contribution in [0.15, 0.2) is 12.4 Å². The summed E-state index contributed by atoms with van der Waals surface area (Å²) < 4.78 is 6.06. The lowest BCUT2D eigenvalue weighted by molar-refractivity contribution is -0.144. The fraction of sp³-hybridized carbons (Fsp3) is 0.444. The number of ether oxygens (including phenoxy) is 1. The Labute approximate surface area is 81.9 Å². The third-order valence-electron chi connectivity index (χ3n) is 1.88. The number of rotatable bonds is 3. The first kappa shape index (κ1) is 10.3. The number of methoxy groups -OCH3 is 1. The molecule has 0 aliphatic carbocycles. The lowest BCUT2D eigenvalue weighted by atomic mass is 10.3. The van der Waals surface area contributed by atoms with Crippen LogP contribution in [-0.4, -0.2) is 22.9 Å². The van der Waals surface area contributed by atoms with Crippen LogP contribution in [0, 0.1) is 11.3 Å². The monoisotopic (exact) mass is 193 g/mol. The topological polar surface area (TPSA) is 67.9 Å². The van der Waals surface area contributed by atoms with Crippen LogP contribution in [0.5, 0.6) is 0 Å². The van der Waals surface area contributed by atoms with Gasteiger partial charge in [-0.2, -0.15) is 10.4 Å². The van der Waals surface area contributed by atoms with E-state index in [1.165, 1.54) is 11.8 Å². The minimum Gasteiger partial charge on any atom is -0.467 e. The molecule has 0 spiro atoms. The van der Waals surface area contributed by atoms with Gasteiger partial charge in [0.1, 0.15) is 6.04 Å². The average Bonchev–Trinajstić information content (AvgIpc) is 2.64. The summed E-state index contributed by atoms with van der Waals surface area (Å²) in [6.45, 7) is 1.69. The van der Waals surface area contributed by atoms with E-state index in [9.17, 15) is 4.79 Å². The molecule has 74 valence electrons. The van der Waals surface area contributed by atoms with Crippen LogP contribution >= 0.6 is 0 Å². The summed E-state index contributed by atoms with van der Waals surface area (Å²) >= 11 is 0. The van der Waals surface area contributed by atoms with E-state index < -0.39 is 6.04 Å². The van der Waals surface area contributed by atoms with Crippen molar-refractivity contribution in [3.05, 3.63) is 18.0 Å². The van der Waals surface area contributed by atoms with Crippen LogP contribution in [0.25, 0.3) is 0 Å². The van der Waals surface area contributed by atoms with Gasteiger partial charge in [-0.05, 0) is 6.92 Å². The number of hydrogen-bond acceptors (Lipinski definition) is 4. The Morgan fingerprint density at radius 1 is 1.86 bits per heavy atom. The normalized spacial score (nSPS) is 11.8. The standard InChI is InChI=1S/C9H11N3O2/c1-7(9(13)14-2)12-6-8(3-4-10)5-11-12/h5-7H,3H2,1-2H3. The van der Waals surface area contributed by atoms with Crippen LogP contribution < -0.4 is 0 Å². The molecule has 0 amide bonds. The van der Waals surface area contributed by atoms with Gasteiger partial charge >= 0.3 is 5.97 Å². The number of hydrogen-bond donors (Lipinski definition) is 0. The molecule has 0 aromatic carbocycles. The van der Waals surface area contributed by atoms with Gasteiger partial charge < -0.3 is 4.74 Å². The predicted octanol–water partition coefficient (Wildman–Crippen LogP) is 0.683. The fourth-order valence-corrected chi connectivity index (χ4v) is 1.05. The van der Waals surface area contributed by atoms with Crippen molar-refractivity contribution in [3.8, 4) is 6.07 Å². The van der Waals surface area contributed by atoms with E-state index in [1.54, 1.807) is 19.3 Å². The molecule has 0 bridgehead atoms. The molecular weight excluding hydrogens is 182 g/mol. The van der Waals surface area contributed by atoms with Crippen molar-refractivity contribution in [1.82, 2.24) is 9.78 Å². The Balaban J connectivity index is 2.77. The third-order valence-corrected chi connectivity index (χ3v) is 1.88. The van der Waals surface area contributed by atoms with Crippen molar-refractivity contribution in [2.24, 2.45) is 0 Å². The highest BCUT2D eigenvalue weighted by atomic mass is 16.5. The zero-order valence-electron chi connectivity index (χ0n) is 8.10. The molecule has 0 aliphatic heterocycles. The van der Waals surface area contributed by atoms with Gasteiger partial charge in [0.25, 0.3) is 0 Å². The highest BCUT2D eigenvalue weighted by Gasteiger charge is 2.15. The van der Waals surface area contributed by atoms with Gasteiger partial charge in [0, 0.05) is 11.8 Å². The molecule has 0 saturated heterocycles. The van der Waals surface area contributed by atoms with E-state index in [2.05, 4.69) is 9.84 Å². The van der Waals surface area contributed by atoms with E-state index in [0.29, 0.717) is 6.42 Å². The molecule has 0 N–H and O–H groups in total. The molecule has 5 nitrogen and oxygen atoms in total. The first-order chi connectivity index (χ1) is 6.69. The molecule has 0 radical (unpaired) electrons. The molecule has 0 aliphatic rings. The van der Waals surface area contributed by atoms with Gasteiger partial charge in [0.2, 0.25) is 0 Å². The maximum absolute atomic E-state index is 11.1. The molecule has 0 saturated carbocycles. The van der Waals surface area contributed by atoms with Gasteiger partial charge in [0.15, 0.2) is 0 Å². The van der Waals surface area contributed by atoms with Crippen molar-refractivity contribution in [2.75, 3.05) is 7.11 Å². The average molecular weight is 193 g/mol. The molecule has 1 rings (SSSR count). The third kappa shape index (κ3) is 2.10. The molecular formula is C9H11N3O2. The number of carbonyl (C=O) groups is 1. The summed E-state index contributed by atoms with van der Waals surface area (Å²) in [5, 5.41) is 12.4. The van der Waals surface area contributed by atoms with E-state index in [1.807, 2.05) is 6.07 Å². The Bertz CT molecular complexity index is 364. The highest BCUT2D eigenvalue weighted by Crippen LogP contribution is 2.08. The summed E-state index contributed by atoms with van der Waals surface area (Å²) in [4.78, 5) is 11.1. The maximum atomic E-state index is 11.1. The van der Waals surface area contributed by atoms with E-state index >= 15 is 0 Å². The minimum atomic E-state index is -0.451. The second-order valence-corrected chi connectivity index (χ2v) is 2.86. The largest absolute Gasteiger partial charge is 0.467 e. The van der Waals surface area contributed by atoms with Gasteiger partial charge in [-0.3, -0.25) is 4.68 Å². The summed E-state index contributed by atoms with van der Waals surface area (Å²) in [5.74, 6) is -0.350. The quantitative estimate of drug-likeness (QED) is 0.662. The van der Waals surface area contributed by atoms with Crippen molar-refractivity contribution >= 4 is 5.97 Å². The van der Waals surface area contributed by atoms with Crippen LogP contribution in [-0.2, 0) is 16.0 Å².